The van der Waals surface area contributed by atoms with Gasteiger partial charge in [-0.3, -0.25) is 14.4 Å². The lowest BCUT2D eigenvalue weighted by Crippen LogP contribution is -2.30. The Labute approximate surface area is 349 Å². The lowest BCUT2D eigenvalue weighted by Gasteiger charge is -2.18. The highest BCUT2D eigenvalue weighted by Crippen LogP contribution is 2.11. The fraction of sp³-hybridized carbons (Fsp3) is 0.588. The standard InChI is InChI=1S/C51H80O6/c1-4-7-10-13-16-19-22-24-25-26-27-30-32-35-38-41-44-50(53)56-47-48(46-55-49(52)43-40-37-34-31-28-21-18-15-12-9-6-3)57-51(54)45-42-39-36-33-29-23-20-17-14-11-8-5-2/h7-12,16-21,24-25,29,31,33-34,48H,4-6,13-15,22-23,26-28,30,32,35-47H2,1-3H3/b10-7-,11-8-,12-9-,19-16-,20-17-,21-18-,25-24-,33-29-,34-31-. The van der Waals surface area contributed by atoms with E-state index in [9.17, 15) is 14.4 Å². The molecule has 0 fully saturated rings. The van der Waals surface area contributed by atoms with Crippen LogP contribution in [-0.2, 0) is 28.6 Å². The summed E-state index contributed by atoms with van der Waals surface area (Å²) in [5.74, 6) is -1.04. The van der Waals surface area contributed by atoms with Gasteiger partial charge in [0, 0.05) is 19.3 Å². The smallest absolute Gasteiger partial charge is 0.306 e. The number of unbranched alkanes of at least 4 members (excludes halogenated alkanes) is 9. The number of carbonyl (C=O) groups excluding carboxylic acids is 3. The molecule has 0 aliphatic carbocycles. The molecule has 0 aromatic heterocycles. The predicted molar refractivity (Wildman–Crippen MR) is 242 cm³/mol. The Bertz CT molecular complexity index is 1230. The SMILES string of the molecule is CC/C=C\C/C=C\C/C=C\CCCCCCCCC(=O)OCC(COC(=O)CCC/C=C\C/C=C\C/C=C\CC)OC(=O)CCCC/C=C\C/C=C\C/C=C\CC. The van der Waals surface area contributed by atoms with Gasteiger partial charge in [0.25, 0.3) is 0 Å². The zero-order chi connectivity index (χ0) is 41.5. The summed E-state index contributed by atoms with van der Waals surface area (Å²) in [6.45, 7) is 6.16. The minimum absolute atomic E-state index is 0.119. The molecule has 0 aromatic carbocycles. The molecule has 6 heteroatoms. The average Bonchev–Trinajstić information content (AvgIpc) is 3.21. The van der Waals surface area contributed by atoms with E-state index in [-0.39, 0.29) is 44.0 Å². The highest BCUT2D eigenvalue weighted by molar-refractivity contribution is 5.71. The first-order valence-electron chi connectivity index (χ1n) is 22.4. The second-order valence-corrected chi connectivity index (χ2v) is 14.2. The van der Waals surface area contributed by atoms with Crippen LogP contribution in [0.15, 0.2) is 109 Å². The van der Waals surface area contributed by atoms with E-state index in [0.29, 0.717) is 19.3 Å². The van der Waals surface area contributed by atoms with Crippen molar-refractivity contribution in [3.05, 3.63) is 109 Å². The van der Waals surface area contributed by atoms with Crippen LogP contribution in [-0.4, -0.2) is 37.2 Å². The molecule has 0 heterocycles. The number of carbonyl (C=O) groups is 3. The van der Waals surface area contributed by atoms with E-state index in [0.717, 1.165) is 109 Å². The zero-order valence-electron chi connectivity index (χ0n) is 36.3. The molecule has 0 saturated heterocycles. The summed E-state index contributed by atoms with van der Waals surface area (Å²) in [7, 11) is 0. The third-order valence-electron chi connectivity index (χ3n) is 8.75. The molecule has 6 nitrogen and oxygen atoms in total. The molecule has 0 saturated carbocycles. The van der Waals surface area contributed by atoms with Crippen molar-refractivity contribution in [2.75, 3.05) is 13.2 Å². The maximum atomic E-state index is 12.7. The molecule has 0 aliphatic heterocycles. The van der Waals surface area contributed by atoms with Crippen LogP contribution >= 0.6 is 0 Å². The van der Waals surface area contributed by atoms with Gasteiger partial charge >= 0.3 is 17.9 Å². The summed E-state index contributed by atoms with van der Waals surface area (Å²) in [6, 6.07) is 0. The molecule has 1 atom stereocenters. The molecule has 1 unspecified atom stereocenters. The largest absolute Gasteiger partial charge is 0.462 e. The van der Waals surface area contributed by atoms with Gasteiger partial charge in [-0.05, 0) is 109 Å². The van der Waals surface area contributed by atoms with Gasteiger partial charge < -0.3 is 14.2 Å². The van der Waals surface area contributed by atoms with Crippen molar-refractivity contribution in [2.24, 2.45) is 0 Å². The molecule has 0 N–H and O–H groups in total. The van der Waals surface area contributed by atoms with E-state index in [2.05, 4.69) is 130 Å². The summed E-state index contributed by atoms with van der Waals surface area (Å²) >= 11 is 0. The lowest BCUT2D eigenvalue weighted by molar-refractivity contribution is -0.167. The van der Waals surface area contributed by atoms with Gasteiger partial charge in [0.05, 0.1) is 0 Å². The van der Waals surface area contributed by atoms with Gasteiger partial charge in [0.1, 0.15) is 13.2 Å². The van der Waals surface area contributed by atoms with Crippen LogP contribution in [0.1, 0.15) is 175 Å². The average molecular weight is 789 g/mol. The van der Waals surface area contributed by atoms with Crippen LogP contribution < -0.4 is 0 Å². The van der Waals surface area contributed by atoms with Gasteiger partial charge in [-0.1, -0.05) is 156 Å². The molecule has 0 aliphatic rings. The predicted octanol–water partition coefficient (Wildman–Crippen LogP) is 14.4. The Kier molecular flexibility index (Phi) is 41.7. The number of esters is 3. The zero-order valence-corrected chi connectivity index (χ0v) is 36.3. The Morgan fingerprint density at radius 3 is 1.09 bits per heavy atom. The summed E-state index contributed by atoms with van der Waals surface area (Å²) in [6.07, 6.45) is 59.4. The molecule has 320 valence electrons. The minimum Gasteiger partial charge on any atom is -0.462 e. The van der Waals surface area contributed by atoms with Crippen molar-refractivity contribution in [2.45, 2.75) is 181 Å². The van der Waals surface area contributed by atoms with Crippen molar-refractivity contribution in [3.8, 4) is 0 Å². The molecule has 57 heavy (non-hydrogen) atoms. The van der Waals surface area contributed by atoms with Crippen molar-refractivity contribution in [3.63, 3.8) is 0 Å². The maximum Gasteiger partial charge on any atom is 0.306 e. The molecule has 0 rings (SSSR count). The number of ether oxygens (including phenoxy) is 3. The third kappa shape index (κ3) is 43.0. The van der Waals surface area contributed by atoms with Crippen molar-refractivity contribution in [1.29, 1.82) is 0 Å². The third-order valence-corrected chi connectivity index (χ3v) is 8.75. The number of hydrogen-bond acceptors (Lipinski definition) is 6. The fourth-order valence-corrected chi connectivity index (χ4v) is 5.49. The molecule has 0 bridgehead atoms. The van der Waals surface area contributed by atoms with E-state index >= 15 is 0 Å². The summed E-state index contributed by atoms with van der Waals surface area (Å²) in [5, 5.41) is 0. The van der Waals surface area contributed by atoms with E-state index in [1.807, 2.05) is 0 Å². The van der Waals surface area contributed by atoms with Gasteiger partial charge in [0.2, 0.25) is 0 Å². The van der Waals surface area contributed by atoms with Crippen molar-refractivity contribution in [1.82, 2.24) is 0 Å². The Balaban J connectivity index is 4.52. The Morgan fingerprint density at radius 1 is 0.351 bits per heavy atom. The normalized spacial score (nSPS) is 13.1. The van der Waals surface area contributed by atoms with Gasteiger partial charge in [-0.25, -0.2) is 0 Å². The molecule has 0 spiro atoms. The van der Waals surface area contributed by atoms with Crippen LogP contribution in [0.3, 0.4) is 0 Å². The quantitative estimate of drug-likeness (QED) is 0.0268. The van der Waals surface area contributed by atoms with Crippen LogP contribution in [0.25, 0.3) is 0 Å². The molecule has 0 amide bonds. The topological polar surface area (TPSA) is 78.9 Å². The van der Waals surface area contributed by atoms with E-state index in [1.165, 1.54) is 12.8 Å². The molecule has 0 aromatic rings. The van der Waals surface area contributed by atoms with Crippen LogP contribution in [0.2, 0.25) is 0 Å². The second-order valence-electron chi connectivity index (χ2n) is 14.2. The second kappa shape index (κ2) is 44.8. The van der Waals surface area contributed by atoms with Crippen molar-refractivity contribution >= 4 is 17.9 Å². The lowest BCUT2D eigenvalue weighted by atomic mass is 10.1. The number of allylic oxidation sites excluding steroid dienone is 18. The number of rotatable bonds is 38. The van der Waals surface area contributed by atoms with Crippen LogP contribution in [0.5, 0.6) is 0 Å². The molecular formula is C51H80O6. The van der Waals surface area contributed by atoms with E-state index in [4.69, 9.17) is 14.2 Å². The van der Waals surface area contributed by atoms with E-state index in [1.54, 1.807) is 0 Å². The fourth-order valence-electron chi connectivity index (χ4n) is 5.49. The van der Waals surface area contributed by atoms with Gasteiger partial charge in [-0.2, -0.15) is 0 Å². The van der Waals surface area contributed by atoms with Crippen LogP contribution in [0.4, 0.5) is 0 Å². The highest BCUT2D eigenvalue weighted by atomic mass is 16.6. The van der Waals surface area contributed by atoms with Gasteiger partial charge in [0.15, 0.2) is 6.10 Å². The minimum atomic E-state index is -0.823. The summed E-state index contributed by atoms with van der Waals surface area (Å²) < 4.78 is 16.6. The highest BCUT2D eigenvalue weighted by Gasteiger charge is 2.19. The first-order valence-corrected chi connectivity index (χ1v) is 22.4. The van der Waals surface area contributed by atoms with E-state index < -0.39 is 6.10 Å². The molecular weight excluding hydrogens is 709 g/mol. The van der Waals surface area contributed by atoms with Crippen LogP contribution in [0, 0.1) is 0 Å². The monoisotopic (exact) mass is 789 g/mol. The maximum absolute atomic E-state index is 12.7. The van der Waals surface area contributed by atoms with Crippen molar-refractivity contribution < 1.29 is 28.6 Å². The first kappa shape index (κ1) is 53.1. The Morgan fingerprint density at radius 2 is 0.649 bits per heavy atom. The summed E-state index contributed by atoms with van der Waals surface area (Å²) in [4.78, 5) is 37.7. The Hall–Kier alpha value is -3.93. The molecule has 0 radical (unpaired) electrons. The number of hydrogen-bond donors (Lipinski definition) is 0. The van der Waals surface area contributed by atoms with Gasteiger partial charge in [-0.15, -0.1) is 0 Å². The first-order chi connectivity index (χ1) is 28.0. The summed E-state index contributed by atoms with van der Waals surface area (Å²) in [5.41, 5.74) is 0.